The molecule has 0 spiro atoms. The number of benzene rings is 1. The van der Waals surface area contributed by atoms with Gasteiger partial charge in [0.1, 0.15) is 24.0 Å². The molecule has 1 aromatic carbocycles. The molecule has 0 saturated carbocycles. The highest BCUT2D eigenvalue weighted by Crippen LogP contribution is 2.48. The van der Waals surface area contributed by atoms with Gasteiger partial charge in [-0.05, 0) is 25.5 Å². The van der Waals surface area contributed by atoms with Crippen LogP contribution in [0.1, 0.15) is 32.9 Å². The minimum atomic E-state index is -4.34. The number of unbranched alkanes of at least 4 members (excludes halogenated alkanes) is 1. The molecule has 3 N–H and O–H groups in total. The quantitative estimate of drug-likeness (QED) is 0.151. The molecular formula is C22H28ClFN3O9P. The number of halogens is 2. The summed E-state index contributed by atoms with van der Waals surface area (Å²) in [5, 5.41) is 9.90. The average Bonchev–Trinajstić information content (AvgIpc) is 3.07. The van der Waals surface area contributed by atoms with E-state index in [9.17, 15) is 24.1 Å². The van der Waals surface area contributed by atoms with Crippen LogP contribution < -0.4 is 20.9 Å². The Morgan fingerprint density at radius 1 is 1.35 bits per heavy atom. The van der Waals surface area contributed by atoms with Crippen molar-refractivity contribution in [3.05, 3.63) is 63.4 Å². The number of carbonyl (C=O) groups excluding carboxylic acids is 1. The zero-order valence-electron chi connectivity index (χ0n) is 20.0. The number of alkyl halides is 2. The third-order valence-electron chi connectivity index (χ3n) is 5.31. The van der Waals surface area contributed by atoms with Gasteiger partial charge < -0.3 is 19.1 Å². The monoisotopic (exact) mass is 563 g/mol. The molecule has 6 atom stereocenters. The number of nitrogens with zero attached hydrogens (tertiary/aromatic N) is 1. The topological polar surface area (TPSA) is 158 Å². The number of aliphatic hydroxyl groups is 1. The molecule has 2 heterocycles. The summed E-state index contributed by atoms with van der Waals surface area (Å²) < 4.78 is 50.9. The fourth-order valence-corrected chi connectivity index (χ4v) is 5.13. The summed E-state index contributed by atoms with van der Waals surface area (Å²) in [6, 6.07) is 7.73. The van der Waals surface area contributed by atoms with Crippen LogP contribution in [0.4, 0.5) is 4.39 Å². The zero-order valence-corrected chi connectivity index (χ0v) is 21.7. The first-order valence-corrected chi connectivity index (χ1v) is 13.4. The van der Waals surface area contributed by atoms with E-state index in [1.54, 1.807) is 18.2 Å². The Bertz CT molecular complexity index is 1230. The lowest BCUT2D eigenvalue weighted by Gasteiger charge is -2.24. The maximum Gasteiger partial charge on any atom is 0.459 e. The highest BCUT2D eigenvalue weighted by Gasteiger charge is 2.58. The van der Waals surface area contributed by atoms with Gasteiger partial charge in [-0.1, -0.05) is 43.1 Å². The highest BCUT2D eigenvalue weighted by molar-refractivity contribution is 7.52. The molecule has 1 aromatic heterocycles. The number of esters is 1. The van der Waals surface area contributed by atoms with E-state index < -0.39 is 61.2 Å². The fraction of sp³-hybridized carbons (Fsp3) is 0.500. The van der Waals surface area contributed by atoms with E-state index in [1.165, 1.54) is 19.1 Å². The summed E-state index contributed by atoms with van der Waals surface area (Å²) in [7, 11) is -4.34. The van der Waals surface area contributed by atoms with E-state index in [1.807, 2.05) is 11.9 Å². The van der Waals surface area contributed by atoms with Crippen LogP contribution in [0, 0.1) is 0 Å². The number of hydrogen-bond acceptors (Lipinski definition) is 9. The van der Waals surface area contributed by atoms with E-state index in [0.29, 0.717) is 11.0 Å². The zero-order chi connectivity index (χ0) is 27.2. The van der Waals surface area contributed by atoms with Gasteiger partial charge in [-0.3, -0.25) is 23.7 Å². The second-order valence-electron chi connectivity index (χ2n) is 8.23. The molecule has 12 nitrogen and oxygen atoms in total. The van der Waals surface area contributed by atoms with Gasteiger partial charge >= 0.3 is 19.4 Å². The van der Waals surface area contributed by atoms with E-state index in [-0.39, 0.29) is 12.4 Å². The average molecular weight is 564 g/mol. The Balaban J connectivity index is 1.77. The van der Waals surface area contributed by atoms with Crippen LogP contribution in [0.5, 0.6) is 5.75 Å². The van der Waals surface area contributed by atoms with E-state index in [0.717, 1.165) is 18.7 Å². The first-order valence-electron chi connectivity index (χ1n) is 11.4. The van der Waals surface area contributed by atoms with Crippen molar-refractivity contribution in [3.8, 4) is 5.75 Å². The number of rotatable bonds is 12. The number of para-hydroxylation sites is 1. The Kier molecular flexibility index (Phi) is 9.68. The minimum absolute atomic E-state index is 0.132. The Morgan fingerprint density at radius 3 is 2.70 bits per heavy atom. The summed E-state index contributed by atoms with van der Waals surface area (Å²) in [6.45, 7) is 2.77. The normalized spacial score (nSPS) is 25.8. The van der Waals surface area contributed by atoms with Crippen LogP contribution in [0.3, 0.4) is 0 Å². The predicted octanol–water partition coefficient (Wildman–Crippen LogP) is 2.22. The predicted molar refractivity (Wildman–Crippen MR) is 130 cm³/mol. The van der Waals surface area contributed by atoms with Gasteiger partial charge in [-0.25, -0.2) is 13.8 Å². The lowest BCUT2D eigenvalue weighted by atomic mass is 10.1. The van der Waals surface area contributed by atoms with Gasteiger partial charge in [0.15, 0.2) is 6.23 Å². The van der Waals surface area contributed by atoms with Gasteiger partial charge in [-0.15, -0.1) is 0 Å². The number of hydrogen-bond donors (Lipinski definition) is 3. The molecule has 1 aliphatic heterocycles. The van der Waals surface area contributed by atoms with Crippen LogP contribution in [0.25, 0.3) is 0 Å². The van der Waals surface area contributed by atoms with Crippen LogP contribution in [-0.2, 0) is 23.4 Å². The SMILES string of the molecule is CCCCOC(=O)[C@H](C)NP(=O)(OC[C@H]1OC(n2ccc(=O)[nH]c2=O)[C@@](F)(Cl)[C@@H]1O)Oc1ccccc1. The number of ether oxygens (including phenoxy) is 2. The van der Waals surface area contributed by atoms with Gasteiger partial charge in [0, 0.05) is 12.3 Å². The number of H-pyrrole nitrogens is 1. The van der Waals surface area contributed by atoms with Crippen molar-refractivity contribution < 1.29 is 37.4 Å². The molecule has 2 unspecified atom stereocenters. The van der Waals surface area contributed by atoms with Crippen molar-refractivity contribution in [2.24, 2.45) is 0 Å². The molecule has 0 radical (unpaired) electrons. The van der Waals surface area contributed by atoms with Crippen molar-refractivity contribution >= 4 is 25.3 Å². The molecular weight excluding hydrogens is 536 g/mol. The molecule has 0 amide bonds. The maximum absolute atomic E-state index is 15.2. The Morgan fingerprint density at radius 2 is 2.05 bits per heavy atom. The second-order valence-corrected chi connectivity index (χ2v) is 10.5. The summed E-state index contributed by atoms with van der Waals surface area (Å²) in [4.78, 5) is 37.7. The number of aromatic nitrogens is 2. The third-order valence-corrected chi connectivity index (χ3v) is 7.36. The van der Waals surface area contributed by atoms with Gasteiger partial charge in [0.05, 0.1) is 13.2 Å². The smallest absolute Gasteiger partial charge is 0.459 e. The van der Waals surface area contributed by atoms with E-state index >= 15 is 4.39 Å². The van der Waals surface area contributed by atoms with E-state index in [4.69, 9.17) is 30.1 Å². The van der Waals surface area contributed by atoms with Crippen molar-refractivity contribution in [3.63, 3.8) is 0 Å². The summed E-state index contributed by atoms with van der Waals surface area (Å²) in [6.07, 6.45) is -3.01. The van der Waals surface area contributed by atoms with Crippen molar-refractivity contribution in [1.82, 2.24) is 14.6 Å². The van der Waals surface area contributed by atoms with Gasteiger partial charge in [-0.2, -0.15) is 5.09 Å². The van der Waals surface area contributed by atoms with Crippen LogP contribution in [0.15, 0.2) is 52.2 Å². The third kappa shape index (κ3) is 7.28. The fourth-order valence-electron chi connectivity index (χ4n) is 3.33. The number of carbonyl (C=O) groups is 1. The molecule has 0 aliphatic carbocycles. The van der Waals surface area contributed by atoms with Crippen molar-refractivity contribution in [1.29, 1.82) is 0 Å². The molecule has 1 saturated heterocycles. The number of nitrogens with one attached hydrogen (secondary N) is 2. The number of aliphatic hydroxyl groups excluding tert-OH is 1. The summed E-state index contributed by atoms with van der Waals surface area (Å²) in [5.41, 5.74) is -1.75. The summed E-state index contributed by atoms with van der Waals surface area (Å²) >= 11 is 5.87. The highest BCUT2D eigenvalue weighted by atomic mass is 35.5. The van der Waals surface area contributed by atoms with Crippen LogP contribution in [0.2, 0.25) is 0 Å². The maximum atomic E-state index is 15.2. The summed E-state index contributed by atoms with van der Waals surface area (Å²) in [5.74, 6) is -0.570. The first-order chi connectivity index (χ1) is 17.5. The molecule has 1 fully saturated rings. The van der Waals surface area contributed by atoms with Crippen LogP contribution in [-0.4, -0.2) is 57.2 Å². The standard InChI is InChI=1S/C22H28ClFN3O9P/c1-3-4-12-33-19(30)14(2)26-37(32,36-15-8-6-5-7-9-15)34-13-16-18(29)22(23,24)20(35-16)27-11-10-17(28)25-21(27)31/h5-11,14,16,18,20,29H,3-4,12-13H2,1-2H3,(H,26,32)(H,25,28,31)/t14-,16+,18+,20?,22+,37?/m0/s1. The molecule has 2 aromatic rings. The molecule has 0 bridgehead atoms. The van der Waals surface area contributed by atoms with Crippen molar-refractivity contribution in [2.45, 2.75) is 56.3 Å². The molecule has 3 rings (SSSR count). The Labute approximate surface area is 216 Å². The second kappa shape index (κ2) is 12.3. The lowest BCUT2D eigenvalue weighted by Crippen LogP contribution is -2.42. The lowest BCUT2D eigenvalue weighted by molar-refractivity contribution is -0.145. The molecule has 204 valence electrons. The first kappa shape index (κ1) is 29.0. The number of aromatic amines is 1. The van der Waals surface area contributed by atoms with Gasteiger partial charge in [0.25, 0.3) is 10.7 Å². The van der Waals surface area contributed by atoms with Crippen LogP contribution >= 0.6 is 19.3 Å². The van der Waals surface area contributed by atoms with E-state index in [2.05, 4.69) is 5.09 Å². The molecule has 15 heteroatoms. The van der Waals surface area contributed by atoms with Gasteiger partial charge in [0.2, 0.25) is 0 Å². The molecule has 1 aliphatic rings. The van der Waals surface area contributed by atoms with Crippen molar-refractivity contribution in [2.75, 3.05) is 13.2 Å². The Hall–Kier alpha value is -2.54. The molecule has 37 heavy (non-hydrogen) atoms. The largest absolute Gasteiger partial charge is 0.465 e. The minimum Gasteiger partial charge on any atom is -0.465 e.